The van der Waals surface area contributed by atoms with Crippen molar-refractivity contribution in [2.75, 3.05) is 5.73 Å². The highest BCUT2D eigenvalue weighted by atomic mass is 35.5. The van der Waals surface area contributed by atoms with E-state index in [0.29, 0.717) is 12.2 Å². The Balaban J connectivity index is 3.01. The summed E-state index contributed by atoms with van der Waals surface area (Å²) >= 11 is 5.49. The van der Waals surface area contributed by atoms with Crippen LogP contribution >= 0.6 is 11.6 Å². The zero-order valence-electron chi connectivity index (χ0n) is 7.33. The normalized spacial score (nSPS) is 11.7. The molecule has 3 nitrogen and oxygen atoms in total. The van der Waals surface area contributed by atoms with Crippen molar-refractivity contribution in [2.24, 2.45) is 0 Å². The molecule has 0 saturated heterocycles. The van der Waals surface area contributed by atoms with Crippen LogP contribution in [0, 0.1) is 0 Å². The van der Waals surface area contributed by atoms with E-state index < -0.39 is 0 Å². The van der Waals surface area contributed by atoms with Crippen LogP contribution in [0.2, 0.25) is 0 Å². The Kier molecular flexibility index (Phi) is 3.14. The van der Waals surface area contributed by atoms with E-state index in [9.17, 15) is 4.79 Å². The summed E-state index contributed by atoms with van der Waals surface area (Å²) in [5.74, 6) is 0. The van der Waals surface area contributed by atoms with Gasteiger partial charge >= 0.3 is 0 Å². The fourth-order valence-corrected chi connectivity index (χ4v) is 1.05. The highest BCUT2D eigenvalue weighted by Gasteiger charge is 1.96. The van der Waals surface area contributed by atoms with Gasteiger partial charge in [-0.2, -0.15) is 0 Å². The topological polar surface area (TPSA) is 48.0 Å². The summed E-state index contributed by atoms with van der Waals surface area (Å²) in [4.78, 5) is 11.3. The molecule has 1 aromatic heterocycles. The van der Waals surface area contributed by atoms with Crippen molar-refractivity contribution in [3.8, 4) is 0 Å². The summed E-state index contributed by atoms with van der Waals surface area (Å²) in [5.41, 5.74) is 8.39. The quantitative estimate of drug-likeness (QED) is 0.784. The molecule has 0 radical (unpaired) electrons. The van der Waals surface area contributed by atoms with Crippen molar-refractivity contribution in [1.82, 2.24) is 4.57 Å². The van der Waals surface area contributed by atoms with Gasteiger partial charge in [0.15, 0.2) is 0 Å². The summed E-state index contributed by atoms with van der Waals surface area (Å²) in [7, 11) is 0. The number of nitrogens with two attached hydrogens (primary N) is 1. The van der Waals surface area contributed by atoms with Gasteiger partial charge in [0.05, 0.1) is 0 Å². The number of aromatic nitrogens is 1. The summed E-state index contributed by atoms with van der Waals surface area (Å²) in [6, 6.07) is 3.02. The molecule has 1 heterocycles. The van der Waals surface area contributed by atoms with Gasteiger partial charge < -0.3 is 10.3 Å². The molecule has 0 saturated carbocycles. The summed E-state index contributed by atoms with van der Waals surface area (Å²) in [5, 5.41) is 0. The Morgan fingerprint density at radius 2 is 2.38 bits per heavy atom. The second-order valence-corrected chi connectivity index (χ2v) is 3.10. The van der Waals surface area contributed by atoms with Crippen molar-refractivity contribution in [1.29, 1.82) is 0 Å². The Labute approximate surface area is 81.4 Å². The Morgan fingerprint density at radius 3 is 3.00 bits per heavy atom. The molecule has 0 fully saturated rings. The van der Waals surface area contributed by atoms with Gasteiger partial charge in [-0.1, -0.05) is 11.6 Å². The van der Waals surface area contributed by atoms with Crippen LogP contribution < -0.4 is 11.3 Å². The second kappa shape index (κ2) is 4.14. The number of hydrogen-bond acceptors (Lipinski definition) is 2. The van der Waals surface area contributed by atoms with E-state index in [-0.39, 0.29) is 5.56 Å². The average Bonchev–Trinajstić information content (AvgIpc) is 2.11. The van der Waals surface area contributed by atoms with Gasteiger partial charge in [0.1, 0.15) is 0 Å². The number of halogens is 1. The molecule has 1 aromatic rings. The number of allylic oxidation sites excluding steroid dienone is 1. The fraction of sp³-hybridized carbons (Fsp3) is 0.222. The molecule has 0 aliphatic carbocycles. The average molecular weight is 199 g/mol. The smallest absolute Gasteiger partial charge is 0.250 e. The van der Waals surface area contributed by atoms with Crippen LogP contribution in [0.15, 0.2) is 34.2 Å². The lowest BCUT2D eigenvalue weighted by Crippen LogP contribution is -2.19. The van der Waals surface area contributed by atoms with Crippen LogP contribution in [0.3, 0.4) is 0 Å². The Morgan fingerprint density at radius 1 is 1.69 bits per heavy atom. The predicted molar refractivity (Wildman–Crippen MR) is 54.7 cm³/mol. The molecular weight excluding hydrogens is 188 g/mol. The second-order valence-electron chi connectivity index (χ2n) is 2.88. The van der Waals surface area contributed by atoms with Crippen LogP contribution in [0.5, 0.6) is 0 Å². The summed E-state index contributed by atoms with van der Waals surface area (Å²) in [6.45, 7) is 2.33. The maximum absolute atomic E-state index is 11.3. The van der Waals surface area contributed by atoms with E-state index in [1.54, 1.807) is 12.3 Å². The number of anilines is 1. The number of pyridine rings is 1. The van der Waals surface area contributed by atoms with Gasteiger partial charge in [0, 0.05) is 30.0 Å². The first-order chi connectivity index (χ1) is 6.13. The highest BCUT2D eigenvalue weighted by molar-refractivity contribution is 6.25. The molecule has 1 rings (SSSR count). The van der Waals surface area contributed by atoms with E-state index in [0.717, 1.165) is 5.57 Å². The van der Waals surface area contributed by atoms with Crippen LogP contribution in [0.25, 0.3) is 0 Å². The molecule has 13 heavy (non-hydrogen) atoms. The molecule has 0 amide bonds. The monoisotopic (exact) mass is 198 g/mol. The van der Waals surface area contributed by atoms with Crippen molar-refractivity contribution < 1.29 is 0 Å². The van der Waals surface area contributed by atoms with Crippen LogP contribution in [0.1, 0.15) is 6.92 Å². The Hall–Kier alpha value is -1.22. The fourth-order valence-electron chi connectivity index (χ4n) is 0.977. The van der Waals surface area contributed by atoms with E-state index in [4.69, 9.17) is 17.3 Å². The maximum atomic E-state index is 11.3. The third kappa shape index (κ3) is 2.63. The molecule has 0 bridgehead atoms. The Bertz CT molecular complexity index is 381. The van der Waals surface area contributed by atoms with Crippen molar-refractivity contribution >= 4 is 17.3 Å². The number of rotatable bonds is 2. The van der Waals surface area contributed by atoms with Gasteiger partial charge in [0.2, 0.25) is 0 Å². The van der Waals surface area contributed by atoms with Crippen molar-refractivity contribution in [2.45, 2.75) is 13.5 Å². The highest BCUT2D eigenvalue weighted by Crippen LogP contribution is 2.01. The molecule has 70 valence electrons. The zero-order valence-corrected chi connectivity index (χ0v) is 8.08. The van der Waals surface area contributed by atoms with E-state index in [1.807, 2.05) is 6.92 Å². The van der Waals surface area contributed by atoms with Crippen molar-refractivity contribution in [3.05, 3.63) is 39.8 Å². The minimum atomic E-state index is -0.0768. The lowest BCUT2D eigenvalue weighted by Gasteiger charge is -2.05. The molecule has 2 N–H and O–H groups in total. The molecule has 0 atom stereocenters. The van der Waals surface area contributed by atoms with Gasteiger partial charge in [0.25, 0.3) is 5.56 Å². The minimum Gasteiger partial charge on any atom is -0.398 e. The first kappa shape index (κ1) is 9.86. The maximum Gasteiger partial charge on any atom is 0.250 e. The molecular formula is C9H11ClN2O. The largest absolute Gasteiger partial charge is 0.398 e. The number of nitrogens with zero attached hydrogens (tertiary/aromatic N) is 1. The number of nitrogen functional groups attached to an aromatic ring is 1. The molecule has 0 aliphatic heterocycles. The minimum absolute atomic E-state index is 0.0768. The lowest BCUT2D eigenvalue weighted by atomic mass is 10.3. The standard InChI is InChI=1S/C9H11ClN2O/c1-7(4-10)5-12-6-8(11)2-3-9(12)13/h2-4,6H,5,11H2,1H3/b7-4+. The van der Waals surface area contributed by atoms with Crippen LogP contribution in [0.4, 0.5) is 5.69 Å². The molecule has 0 aromatic carbocycles. The number of hydrogen-bond donors (Lipinski definition) is 1. The van der Waals surface area contributed by atoms with Gasteiger partial charge in [-0.05, 0) is 18.6 Å². The van der Waals surface area contributed by atoms with Crippen LogP contribution in [-0.2, 0) is 6.54 Å². The third-order valence-corrected chi connectivity index (χ3v) is 1.98. The molecule has 4 heteroatoms. The first-order valence-electron chi connectivity index (χ1n) is 3.85. The van der Waals surface area contributed by atoms with Crippen molar-refractivity contribution in [3.63, 3.8) is 0 Å². The SMILES string of the molecule is C/C(=C\Cl)Cn1cc(N)ccc1=O. The summed E-state index contributed by atoms with van der Waals surface area (Å²) in [6.07, 6.45) is 1.60. The third-order valence-electron chi connectivity index (χ3n) is 1.61. The molecule has 0 aliphatic rings. The van der Waals surface area contributed by atoms with Gasteiger partial charge in [-0.25, -0.2) is 0 Å². The zero-order chi connectivity index (χ0) is 9.84. The van der Waals surface area contributed by atoms with Crippen LogP contribution in [-0.4, -0.2) is 4.57 Å². The summed E-state index contributed by atoms with van der Waals surface area (Å²) < 4.78 is 1.52. The first-order valence-corrected chi connectivity index (χ1v) is 4.29. The van der Waals surface area contributed by atoms with E-state index >= 15 is 0 Å². The van der Waals surface area contributed by atoms with Gasteiger partial charge in [-0.3, -0.25) is 4.79 Å². The lowest BCUT2D eigenvalue weighted by molar-refractivity contribution is 0.750. The van der Waals surface area contributed by atoms with E-state index in [2.05, 4.69) is 0 Å². The molecule has 0 spiro atoms. The van der Waals surface area contributed by atoms with E-state index in [1.165, 1.54) is 16.2 Å². The predicted octanol–water partition coefficient (Wildman–Crippen LogP) is 1.57. The van der Waals surface area contributed by atoms with Gasteiger partial charge in [-0.15, -0.1) is 0 Å². The molecule has 0 unspecified atom stereocenters.